The van der Waals surface area contributed by atoms with Crippen molar-refractivity contribution in [2.45, 2.75) is 13.5 Å². The summed E-state index contributed by atoms with van der Waals surface area (Å²) in [5, 5.41) is 5.85. The Morgan fingerprint density at radius 2 is 1.70 bits per heavy atom. The normalized spacial score (nSPS) is 10.6. The zero-order valence-electron chi connectivity index (χ0n) is 16.7. The minimum Gasteiger partial charge on any atom is -0.457 e. The van der Waals surface area contributed by atoms with Crippen LogP contribution in [-0.2, 0) is 6.54 Å². The van der Waals surface area contributed by atoms with Gasteiger partial charge in [0.2, 0.25) is 0 Å². The molecule has 3 aromatic carbocycles. The first-order valence-electron chi connectivity index (χ1n) is 9.41. The minimum absolute atomic E-state index is 0. The van der Waals surface area contributed by atoms with E-state index in [9.17, 15) is 4.79 Å². The van der Waals surface area contributed by atoms with Gasteiger partial charge in [-0.2, -0.15) is 0 Å². The fraction of sp³-hybridized carbons (Fsp3) is 0.130. The topological polar surface area (TPSA) is 88.7 Å². The summed E-state index contributed by atoms with van der Waals surface area (Å²) in [6, 6.07) is 24.4. The quantitative estimate of drug-likeness (QED) is 0.240. The molecule has 3 aromatic rings. The fourth-order valence-corrected chi connectivity index (χ4v) is 2.70. The van der Waals surface area contributed by atoms with Crippen LogP contribution in [0.3, 0.4) is 0 Å². The third-order valence-corrected chi connectivity index (χ3v) is 4.04. The van der Waals surface area contributed by atoms with Gasteiger partial charge >= 0.3 is 0 Å². The minimum atomic E-state index is -0.0975. The van der Waals surface area contributed by atoms with Crippen LogP contribution in [0, 0.1) is 0 Å². The highest BCUT2D eigenvalue weighted by molar-refractivity contribution is 14.0. The van der Waals surface area contributed by atoms with E-state index in [-0.39, 0.29) is 35.8 Å². The lowest BCUT2D eigenvalue weighted by atomic mass is 10.1. The zero-order valence-corrected chi connectivity index (χ0v) is 19.0. The van der Waals surface area contributed by atoms with Crippen LogP contribution in [0.4, 0.5) is 5.69 Å². The number of carbonyl (C=O) groups is 1. The van der Waals surface area contributed by atoms with Crippen molar-refractivity contribution in [3.63, 3.8) is 0 Å². The average molecular weight is 516 g/mol. The molecule has 0 aliphatic carbocycles. The molecule has 3 rings (SSSR count). The standard InChI is InChI=1S/C23H24N4O2.HI/c1-2-25-22(28)18-9-6-8-17(14-18)16-26-23(24)27-19-10-7-13-21(15-19)29-20-11-4-3-5-12-20;/h3-15H,2,16H2,1H3,(H,25,28)(H3,24,26,27);1H. The first-order chi connectivity index (χ1) is 14.1. The van der Waals surface area contributed by atoms with Crippen molar-refractivity contribution in [2.75, 3.05) is 11.9 Å². The van der Waals surface area contributed by atoms with Crippen molar-refractivity contribution in [3.8, 4) is 11.5 Å². The molecule has 7 heteroatoms. The molecule has 0 aliphatic heterocycles. The second kappa shape index (κ2) is 11.8. The van der Waals surface area contributed by atoms with Gasteiger partial charge in [-0.1, -0.05) is 36.4 Å². The molecule has 0 aliphatic rings. The maximum atomic E-state index is 11.9. The number of nitrogens with one attached hydrogen (secondary N) is 2. The van der Waals surface area contributed by atoms with Crippen LogP contribution >= 0.6 is 24.0 Å². The van der Waals surface area contributed by atoms with Gasteiger partial charge in [0.05, 0.1) is 6.54 Å². The van der Waals surface area contributed by atoms with E-state index in [1.807, 2.05) is 79.7 Å². The van der Waals surface area contributed by atoms with Gasteiger partial charge in [-0.05, 0) is 48.9 Å². The molecule has 6 nitrogen and oxygen atoms in total. The maximum absolute atomic E-state index is 11.9. The number of aliphatic imine (C=N–C) groups is 1. The van der Waals surface area contributed by atoms with Gasteiger partial charge in [0, 0.05) is 23.9 Å². The summed E-state index contributed by atoms with van der Waals surface area (Å²) < 4.78 is 5.83. The Labute approximate surface area is 193 Å². The van der Waals surface area contributed by atoms with Crippen LogP contribution in [0.5, 0.6) is 11.5 Å². The van der Waals surface area contributed by atoms with Gasteiger partial charge in [-0.3, -0.25) is 4.79 Å². The van der Waals surface area contributed by atoms with Crippen LogP contribution in [0.25, 0.3) is 0 Å². The number of guanidine groups is 1. The first kappa shape index (κ1) is 23.2. The van der Waals surface area contributed by atoms with Gasteiger partial charge < -0.3 is 21.1 Å². The molecule has 0 heterocycles. The Balaban J connectivity index is 0.00000320. The lowest BCUT2D eigenvalue weighted by Crippen LogP contribution is -2.23. The Morgan fingerprint density at radius 3 is 2.47 bits per heavy atom. The van der Waals surface area contributed by atoms with Crippen molar-refractivity contribution in [2.24, 2.45) is 10.7 Å². The molecule has 0 saturated carbocycles. The smallest absolute Gasteiger partial charge is 0.251 e. The van der Waals surface area contributed by atoms with Gasteiger partial charge in [0.25, 0.3) is 5.91 Å². The van der Waals surface area contributed by atoms with E-state index in [4.69, 9.17) is 10.5 Å². The summed E-state index contributed by atoms with van der Waals surface area (Å²) in [6.07, 6.45) is 0. The summed E-state index contributed by atoms with van der Waals surface area (Å²) in [5.74, 6) is 1.65. The zero-order chi connectivity index (χ0) is 20.5. The van der Waals surface area contributed by atoms with Gasteiger partial charge in [0.1, 0.15) is 11.5 Å². The van der Waals surface area contributed by atoms with Crippen LogP contribution in [0.15, 0.2) is 83.9 Å². The number of rotatable bonds is 7. The van der Waals surface area contributed by atoms with E-state index in [1.165, 1.54) is 0 Å². The van der Waals surface area contributed by atoms with E-state index in [1.54, 1.807) is 6.07 Å². The molecule has 0 fully saturated rings. The summed E-state index contributed by atoms with van der Waals surface area (Å²) in [6.45, 7) is 2.84. The molecule has 0 unspecified atom stereocenters. The van der Waals surface area contributed by atoms with Crippen molar-refractivity contribution < 1.29 is 9.53 Å². The van der Waals surface area contributed by atoms with E-state index >= 15 is 0 Å². The number of hydrogen-bond donors (Lipinski definition) is 3. The van der Waals surface area contributed by atoms with Crippen molar-refractivity contribution >= 4 is 41.5 Å². The fourth-order valence-electron chi connectivity index (χ4n) is 2.70. The number of anilines is 1. The summed E-state index contributed by atoms with van der Waals surface area (Å²) >= 11 is 0. The number of carbonyl (C=O) groups excluding carboxylic acids is 1. The van der Waals surface area contributed by atoms with E-state index < -0.39 is 0 Å². The maximum Gasteiger partial charge on any atom is 0.251 e. The molecular formula is C23H25IN4O2. The lowest BCUT2D eigenvalue weighted by molar-refractivity contribution is 0.0955. The number of hydrogen-bond acceptors (Lipinski definition) is 3. The molecule has 30 heavy (non-hydrogen) atoms. The molecule has 0 aromatic heterocycles. The number of benzene rings is 3. The SMILES string of the molecule is CCNC(=O)c1cccc(CN=C(N)Nc2cccc(Oc3ccccc3)c2)c1.I. The monoisotopic (exact) mass is 516 g/mol. The predicted octanol–water partition coefficient (Wildman–Crippen LogP) is 4.77. The second-order valence-corrected chi connectivity index (χ2v) is 6.33. The Bertz CT molecular complexity index is 993. The van der Waals surface area contributed by atoms with E-state index in [0.717, 1.165) is 17.0 Å². The predicted molar refractivity (Wildman–Crippen MR) is 132 cm³/mol. The van der Waals surface area contributed by atoms with Gasteiger partial charge in [-0.25, -0.2) is 4.99 Å². The average Bonchev–Trinajstić information content (AvgIpc) is 2.74. The third kappa shape index (κ3) is 7.07. The number of halogens is 1. The largest absolute Gasteiger partial charge is 0.457 e. The van der Waals surface area contributed by atoms with Gasteiger partial charge in [0.15, 0.2) is 5.96 Å². The molecule has 0 saturated heterocycles. The van der Waals surface area contributed by atoms with Crippen molar-refractivity contribution in [3.05, 3.63) is 90.0 Å². The first-order valence-corrected chi connectivity index (χ1v) is 9.41. The molecule has 0 bridgehead atoms. The van der Waals surface area contributed by atoms with Crippen LogP contribution < -0.4 is 21.1 Å². The Morgan fingerprint density at radius 1 is 0.967 bits per heavy atom. The number of para-hydroxylation sites is 1. The Kier molecular flexibility index (Phi) is 9.14. The van der Waals surface area contributed by atoms with Crippen LogP contribution in [0.1, 0.15) is 22.8 Å². The van der Waals surface area contributed by atoms with Crippen LogP contribution in [0.2, 0.25) is 0 Å². The summed E-state index contributed by atoms with van der Waals surface area (Å²) in [4.78, 5) is 16.3. The van der Waals surface area contributed by atoms with Gasteiger partial charge in [-0.15, -0.1) is 24.0 Å². The second-order valence-electron chi connectivity index (χ2n) is 6.33. The highest BCUT2D eigenvalue weighted by Crippen LogP contribution is 2.23. The number of nitrogens with zero attached hydrogens (tertiary/aromatic N) is 1. The number of amides is 1. The molecule has 4 N–H and O–H groups in total. The molecular weight excluding hydrogens is 491 g/mol. The molecule has 1 amide bonds. The van der Waals surface area contributed by atoms with E-state index in [0.29, 0.717) is 24.4 Å². The Hall–Kier alpha value is -3.07. The number of nitrogens with two attached hydrogens (primary N) is 1. The van der Waals surface area contributed by atoms with E-state index in [2.05, 4.69) is 15.6 Å². The molecule has 0 atom stereocenters. The third-order valence-electron chi connectivity index (χ3n) is 4.04. The summed E-state index contributed by atoms with van der Waals surface area (Å²) in [5.41, 5.74) is 8.31. The summed E-state index contributed by atoms with van der Waals surface area (Å²) in [7, 11) is 0. The highest BCUT2D eigenvalue weighted by Gasteiger charge is 2.05. The van der Waals surface area contributed by atoms with Crippen LogP contribution in [-0.4, -0.2) is 18.4 Å². The number of ether oxygens (including phenoxy) is 1. The molecule has 0 spiro atoms. The molecule has 0 radical (unpaired) electrons. The van der Waals surface area contributed by atoms with Crippen molar-refractivity contribution in [1.82, 2.24) is 5.32 Å². The lowest BCUT2D eigenvalue weighted by Gasteiger charge is -2.09. The molecule has 156 valence electrons. The van der Waals surface area contributed by atoms with Crippen molar-refractivity contribution in [1.29, 1.82) is 0 Å². The highest BCUT2D eigenvalue weighted by atomic mass is 127.